The van der Waals surface area contributed by atoms with Crippen molar-refractivity contribution < 1.29 is 14.0 Å². The first kappa shape index (κ1) is 16.9. The molecule has 0 saturated carbocycles. The lowest BCUT2D eigenvalue weighted by atomic mass is 9.98. The van der Waals surface area contributed by atoms with Gasteiger partial charge in [0.15, 0.2) is 0 Å². The summed E-state index contributed by atoms with van der Waals surface area (Å²) in [5.74, 6) is 0.192. The first-order chi connectivity index (χ1) is 11.5. The quantitative estimate of drug-likeness (QED) is 0.850. The maximum Gasteiger partial charge on any atom is 0.228 e. The number of likely N-dealkylation sites (tertiary alicyclic amines) is 2. The summed E-state index contributed by atoms with van der Waals surface area (Å²) >= 11 is 0. The molecule has 1 aromatic carbocycles. The molecule has 0 bridgehead atoms. The molecular weight excluding hydrogens is 307 g/mol. The van der Waals surface area contributed by atoms with E-state index in [0.717, 1.165) is 19.5 Å². The van der Waals surface area contributed by atoms with E-state index >= 15 is 0 Å². The normalized spacial score (nSPS) is 24.5. The zero-order chi connectivity index (χ0) is 17.1. The second kappa shape index (κ2) is 7.32. The number of hydrogen-bond donors (Lipinski definition) is 0. The van der Waals surface area contributed by atoms with Crippen molar-refractivity contribution in [2.45, 2.75) is 32.6 Å². The Balaban J connectivity index is 1.55. The van der Waals surface area contributed by atoms with Crippen LogP contribution in [-0.2, 0) is 16.0 Å². The van der Waals surface area contributed by atoms with Crippen molar-refractivity contribution in [2.24, 2.45) is 11.8 Å². The standard InChI is InChI=1S/C19H25FN2O2/c1-14-5-4-9-22(12-14)19(24)16-11-18(23)21(13-16)10-8-15-6-2-3-7-17(15)20/h2-3,6-7,14,16H,4-5,8-13H2,1H3. The fraction of sp³-hybridized carbons (Fsp3) is 0.579. The van der Waals surface area contributed by atoms with E-state index in [1.54, 1.807) is 23.1 Å². The molecule has 1 aromatic rings. The highest BCUT2D eigenvalue weighted by Crippen LogP contribution is 2.24. The van der Waals surface area contributed by atoms with Crippen molar-refractivity contribution in [1.82, 2.24) is 9.80 Å². The van der Waals surface area contributed by atoms with Crippen molar-refractivity contribution in [3.63, 3.8) is 0 Å². The van der Waals surface area contributed by atoms with Gasteiger partial charge in [-0.05, 0) is 36.8 Å². The number of carbonyl (C=O) groups excluding carboxylic acids is 2. The summed E-state index contributed by atoms with van der Waals surface area (Å²) in [6.45, 7) is 4.72. The number of halogens is 1. The fourth-order valence-corrected chi connectivity index (χ4v) is 3.76. The number of piperidine rings is 1. The minimum Gasteiger partial charge on any atom is -0.342 e. The van der Waals surface area contributed by atoms with Crippen molar-refractivity contribution in [1.29, 1.82) is 0 Å². The molecule has 130 valence electrons. The second-order valence-electron chi connectivity index (χ2n) is 7.11. The lowest BCUT2D eigenvalue weighted by Crippen LogP contribution is -2.43. The molecule has 0 N–H and O–H groups in total. The highest BCUT2D eigenvalue weighted by Gasteiger charge is 2.37. The molecule has 2 aliphatic rings. The third-order valence-corrected chi connectivity index (χ3v) is 5.14. The zero-order valence-electron chi connectivity index (χ0n) is 14.2. The summed E-state index contributed by atoms with van der Waals surface area (Å²) in [7, 11) is 0. The van der Waals surface area contributed by atoms with Gasteiger partial charge < -0.3 is 9.80 Å². The van der Waals surface area contributed by atoms with Gasteiger partial charge in [-0.1, -0.05) is 25.1 Å². The Morgan fingerprint density at radius 1 is 1.29 bits per heavy atom. The SMILES string of the molecule is CC1CCCN(C(=O)C2CC(=O)N(CCc3ccccc3F)C2)C1. The van der Waals surface area contributed by atoms with E-state index in [0.29, 0.717) is 37.4 Å². The van der Waals surface area contributed by atoms with Gasteiger partial charge in [-0.25, -0.2) is 4.39 Å². The van der Waals surface area contributed by atoms with Crippen LogP contribution >= 0.6 is 0 Å². The van der Waals surface area contributed by atoms with E-state index in [2.05, 4.69) is 6.92 Å². The Hall–Kier alpha value is -1.91. The Kier molecular flexibility index (Phi) is 5.17. The van der Waals surface area contributed by atoms with Crippen LogP contribution in [0.25, 0.3) is 0 Å². The molecule has 0 aliphatic carbocycles. The van der Waals surface area contributed by atoms with Gasteiger partial charge in [0.25, 0.3) is 0 Å². The minimum atomic E-state index is -0.237. The van der Waals surface area contributed by atoms with Gasteiger partial charge in [-0.15, -0.1) is 0 Å². The van der Waals surface area contributed by atoms with Crippen LogP contribution in [0, 0.1) is 17.7 Å². The zero-order valence-corrected chi connectivity index (χ0v) is 14.2. The average Bonchev–Trinajstić information content (AvgIpc) is 2.94. The molecule has 2 aliphatic heterocycles. The third kappa shape index (κ3) is 3.77. The van der Waals surface area contributed by atoms with E-state index in [9.17, 15) is 14.0 Å². The summed E-state index contributed by atoms with van der Waals surface area (Å²) < 4.78 is 13.7. The lowest BCUT2D eigenvalue weighted by Gasteiger charge is -2.32. The van der Waals surface area contributed by atoms with Crippen LogP contribution < -0.4 is 0 Å². The monoisotopic (exact) mass is 332 g/mol. The Bertz CT molecular complexity index is 619. The van der Waals surface area contributed by atoms with Gasteiger partial charge in [-0.3, -0.25) is 9.59 Å². The molecule has 3 rings (SSSR count). The number of benzene rings is 1. The minimum absolute atomic E-state index is 0.00903. The summed E-state index contributed by atoms with van der Waals surface area (Å²) in [5, 5.41) is 0. The fourth-order valence-electron chi connectivity index (χ4n) is 3.76. The Morgan fingerprint density at radius 2 is 2.08 bits per heavy atom. The molecule has 0 aromatic heterocycles. The van der Waals surface area contributed by atoms with Crippen LogP contribution in [0.5, 0.6) is 0 Å². The predicted octanol–water partition coefficient (Wildman–Crippen LogP) is 2.48. The van der Waals surface area contributed by atoms with Crippen LogP contribution in [-0.4, -0.2) is 47.8 Å². The predicted molar refractivity (Wildman–Crippen MR) is 89.8 cm³/mol. The number of amides is 2. The van der Waals surface area contributed by atoms with E-state index in [-0.39, 0.29) is 23.5 Å². The van der Waals surface area contributed by atoms with Gasteiger partial charge in [0.1, 0.15) is 5.82 Å². The molecule has 2 atom stereocenters. The van der Waals surface area contributed by atoms with Crippen molar-refractivity contribution >= 4 is 11.8 Å². The summed E-state index contributed by atoms with van der Waals surface area (Å²) in [6.07, 6.45) is 2.99. The maximum absolute atomic E-state index is 13.7. The highest BCUT2D eigenvalue weighted by atomic mass is 19.1. The van der Waals surface area contributed by atoms with Crippen LogP contribution in [0.3, 0.4) is 0 Å². The summed E-state index contributed by atoms with van der Waals surface area (Å²) in [6, 6.07) is 6.64. The topological polar surface area (TPSA) is 40.6 Å². The molecular formula is C19H25FN2O2. The van der Waals surface area contributed by atoms with E-state index in [1.165, 1.54) is 12.5 Å². The number of hydrogen-bond acceptors (Lipinski definition) is 2. The molecule has 0 spiro atoms. The van der Waals surface area contributed by atoms with Gasteiger partial charge in [-0.2, -0.15) is 0 Å². The smallest absolute Gasteiger partial charge is 0.228 e. The molecule has 24 heavy (non-hydrogen) atoms. The maximum atomic E-state index is 13.7. The molecule has 2 saturated heterocycles. The van der Waals surface area contributed by atoms with Crippen LogP contribution in [0.1, 0.15) is 31.7 Å². The Morgan fingerprint density at radius 3 is 2.83 bits per heavy atom. The molecule has 2 unspecified atom stereocenters. The number of carbonyl (C=O) groups is 2. The van der Waals surface area contributed by atoms with Gasteiger partial charge in [0.2, 0.25) is 11.8 Å². The molecule has 0 radical (unpaired) electrons. The molecule has 5 heteroatoms. The second-order valence-corrected chi connectivity index (χ2v) is 7.11. The summed E-state index contributed by atoms with van der Waals surface area (Å²) in [4.78, 5) is 28.5. The van der Waals surface area contributed by atoms with Crippen molar-refractivity contribution in [3.8, 4) is 0 Å². The summed E-state index contributed by atoms with van der Waals surface area (Å²) in [5.41, 5.74) is 0.616. The third-order valence-electron chi connectivity index (χ3n) is 5.14. The molecule has 2 amide bonds. The first-order valence-corrected chi connectivity index (χ1v) is 8.84. The number of nitrogens with zero attached hydrogens (tertiary/aromatic N) is 2. The van der Waals surface area contributed by atoms with Crippen LogP contribution in [0.15, 0.2) is 24.3 Å². The van der Waals surface area contributed by atoms with Crippen molar-refractivity contribution in [2.75, 3.05) is 26.2 Å². The highest BCUT2D eigenvalue weighted by molar-refractivity contribution is 5.89. The largest absolute Gasteiger partial charge is 0.342 e. The van der Waals surface area contributed by atoms with E-state index in [1.807, 2.05) is 4.90 Å². The molecule has 4 nitrogen and oxygen atoms in total. The van der Waals surface area contributed by atoms with Gasteiger partial charge in [0.05, 0.1) is 5.92 Å². The van der Waals surface area contributed by atoms with Crippen molar-refractivity contribution in [3.05, 3.63) is 35.6 Å². The van der Waals surface area contributed by atoms with Gasteiger partial charge >= 0.3 is 0 Å². The van der Waals surface area contributed by atoms with E-state index < -0.39 is 0 Å². The van der Waals surface area contributed by atoms with Crippen LogP contribution in [0.2, 0.25) is 0 Å². The molecule has 2 fully saturated rings. The molecule has 2 heterocycles. The average molecular weight is 332 g/mol. The Labute approximate surface area is 142 Å². The van der Waals surface area contributed by atoms with Crippen LogP contribution in [0.4, 0.5) is 4.39 Å². The van der Waals surface area contributed by atoms with E-state index in [4.69, 9.17) is 0 Å². The first-order valence-electron chi connectivity index (χ1n) is 8.84. The lowest BCUT2D eigenvalue weighted by molar-refractivity contribution is -0.137. The van der Waals surface area contributed by atoms with Gasteiger partial charge in [0, 0.05) is 32.6 Å². The number of rotatable bonds is 4.